The lowest BCUT2D eigenvalue weighted by molar-refractivity contribution is 0.0955. The quantitative estimate of drug-likeness (QED) is 0.446. The number of hydrogen-bond acceptors (Lipinski definition) is 7. The average molecular weight is 473 g/mol. The molecule has 0 unspecified atom stereocenters. The molecular formula is C21H17ClN4O5S. The van der Waals surface area contributed by atoms with E-state index in [2.05, 4.69) is 15.3 Å². The first-order chi connectivity index (χ1) is 15.4. The zero-order valence-electron chi connectivity index (χ0n) is 17.0. The van der Waals surface area contributed by atoms with Crippen LogP contribution in [0, 0.1) is 0 Å². The number of rotatable bonds is 6. The number of ether oxygens (including phenoxy) is 2. The standard InChI is InChI=1S/C21H17ClN4O5S/c1-30-14-6-7-16(25-19(14)31-2)26-20(28)17-13(24-21(26)29)9-15(32-17)18(27)23-10-11-4-3-5-12(22)8-11/h3-9H,10H2,1-2H3,(H,23,27)(H,24,29). The van der Waals surface area contributed by atoms with Crippen LogP contribution >= 0.6 is 22.9 Å². The van der Waals surface area contributed by atoms with Gasteiger partial charge in [-0.05, 0) is 35.9 Å². The maximum atomic E-state index is 13.1. The van der Waals surface area contributed by atoms with Gasteiger partial charge in [0.2, 0.25) is 0 Å². The number of nitrogens with one attached hydrogen (secondary N) is 2. The van der Waals surface area contributed by atoms with Crippen molar-refractivity contribution in [2.75, 3.05) is 14.2 Å². The maximum Gasteiger partial charge on any atom is 0.334 e. The first-order valence-corrected chi connectivity index (χ1v) is 10.5. The number of pyridine rings is 1. The zero-order valence-corrected chi connectivity index (χ0v) is 18.5. The van der Waals surface area contributed by atoms with Gasteiger partial charge in [-0.3, -0.25) is 9.59 Å². The molecule has 0 saturated heterocycles. The summed E-state index contributed by atoms with van der Waals surface area (Å²) < 4.78 is 11.4. The number of H-pyrrole nitrogens is 1. The van der Waals surface area contributed by atoms with Crippen molar-refractivity contribution < 1.29 is 14.3 Å². The molecule has 32 heavy (non-hydrogen) atoms. The summed E-state index contributed by atoms with van der Waals surface area (Å²) in [5.74, 6) is 0.179. The SMILES string of the molecule is COc1ccc(-n2c(=O)[nH]c3cc(C(=O)NCc4cccc(Cl)c4)sc3c2=O)nc1OC. The molecule has 0 saturated carbocycles. The molecule has 0 aliphatic carbocycles. The lowest BCUT2D eigenvalue weighted by atomic mass is 10.2. The third-order valence-corrected chi connectivity index (χ3v) is 5.95. The second kappa shape index (κ2) is 8.85. The van der Waals surface area contributed by atoms with Crippen molar-refractivity contribution in [3.05, 3.63) is 78.8 Å². The van der Waals surface area contributed by atoms with Crippen LogP contribution in [-0.2, 0) is 6.54 Å². The van der Waals surface area contributed by atoms with Gasteiger partial charge in [0.25, 0.3) is 17.3 Å². The molecule has 1 amide bonds. The topological polar surface area (TPSA) is 115 Å². The number of aromatic nitrogens is 3. The molecule has 0 aliphatic rings. The molecule has 164 valence electrons. The van der Waals surface area contributed by atoms with Gasteiger partial charge >= 0.3 is 5.69 Å². The van der Waals surface area contributed by atoms with Gasteiger partial charge in [-0.15, -0.1) is 11.3 Å². The van der Waals surface area contributed by atoms with E-state index < -0.39 is 11.2 Å². The minimum Gasteiger partial charge on any atom is -0.491 e. The number of fused-ring (bicyclic) bond motifs is 1. The molecule has 11 heteroatoms. The highest BCUT2D eigenvalue weighted by atomic mass is 35.5. The van der Waals surface area contributed by atoms with Gasteiger partial charge in [0.05, 0.1) is 24.6 Å². The van der Waals surface area contributed by atoms with Gasteiger partial charge in [0.1, 0.15) is 10.5 Å². The Bertz CT molecular complexity index is 1440. The van der Waals surface area contributed by atoms with E-state index >= 15 is 0 Å². The van der Waals surface area contributed by atoms with Crippen LogP contribution < -0.4 is 26.0 Å². The van der Waals surface area contributed by atoms with Crippen LogP contribution in [0.2, 0.25) is 5.02 Å². The molecule has 1 aromatic carbocycles. The summed E-state index contributed by atoms with van der Waals surface area (Å²) in [6.45, 7) is 0.268. The molecule has 0 fully saturated rings. The largest absolute Gasteiger partial charge is 0.491 e. The number of carbonyl (C=O) groups excluding carboxylic acids is 1. The van der Waals surface area contributed by atoms with Crippen LogP contribution in [0.4, 0.5) is 0 Å². The first-order valence-electron chi connectivity index (χ1n) is 9.32. The Labute approximate surface area is 190 Å². The molecule has 4 rings (SSSR count). The highest BCUT2D eigenvalue weighted by molar-refractivity contribution is 7.20. The Morgan fingerprint density at radius 2 is 2.00 bits per heavy atom. The lowest BCUT2D eigenvalue weighted by Gasteiger charge is -2.09. The monoisotopic (exact) mass is 472 g/mol. The van der Waals surface area contributed by atoms with E-state index in [4.69, 9.17) is 21.1 Å². The molecule has 0 aliphatic heterocycles. The first kappa shape index (κ1) is 21.6. The molecule has 2 N–H and O–H groups in total. The summed E-state index contributed by atoms with van der Waals surface area (Å²) in [6.07, 6.45) is 0. The Morgan fingerprint density at radius 1 is 1.19 bits per heavy atom. The number of carbonyl (C=O) groups is 1. The number of thiophene rings is 1. The van der Waals surface area contributed by atoms with E-state index in [0.29, 0.717) is 10.8 Å². The van der Waals surface area contributed by atoms with E-state index in [-0.39, 0.29) is 39.2 Å². The predicted molar refractivity (Wildman–Crippen MR) is 122 cm³/mol. The van der Waals surface area contributed by atoms with E-state index in [9.17, 15) is 14.4 Å². The molecule has 0 radical (unpaired) electrons. The van der Waals surface area contributed by atoms with Crippen LogP contribution in [-0.4, -0.2) is 34.7 Å². The maximum absolute atomic E-state index is 13.1. The molecule has 4 aromatic rings. The molecule has 0 spiro atoms. The average Bonchev–Trinajstić information content (AvgIpc) is 3.21. The molecule has 0 atom stereocenters. The Morgan fingerprint density at radius 3 is 2.72 bits per heavy atom. The number of methoxy groups -OCH3 is 2. The summed E-state index contributed by atoms with van der Waals surface area (Å²) in [4.78, 5) is 45.4. The van der Waals surface area contributed by atoms with Gasteiger partial charge in [0.15, 0.2) is 5.75 Å². The normalized spacial score (nSPS) is 10.8. The molecule has 9 nitrogen and oxygen atoms in total. The summed E-state index contributed by atoms with van der Waals surface area (Å²) in [6, 6.07) is 11.6. The predicted octanol–water partition coefficient (Wildman–Crippen LogP) is 2.74. The van der Waals surface area contributed by atoms with Gasteiger partial charge in [0, 0.05) is 11.6 Å². The van der Waals surface area contributed by atoms with Crippen molar-refractivity contribution in [1.29, 1.82) is 0 Å². The highest BCUT2D eigenvalue weighted by Crippen LogP contribution is 2.25. The van der Waals surface area contributed by atoms with Crippen molar-refractivity contribution in [1.82, 2.24) is 19.9 Å². The van der Waals surface area contributed by atoms with E-state index in [1.165, 1.54) is 26.4 Å². The Hall–Kier alpha value is -3.63. The number of nitrogens with zero attached hydrogens (tertiary/aromatic N) is 2. The number of benzene rings is 1. The van der Waals surface area contributed by atoms with Crippen LogP contribution in [0.3, 0.4) is 0 Å². The smallest absolute Gasteiger partial charge is 0.334 e. The fraction of sp³-hybridized carbons (Fsp3) is 0.143. The molecular weight excluding hydrogens is 456 g/mol. The van der Waals surface area contributed by atoms with E-state index in [0.717, 1.165) is 21.5 Å². The lowest BCUT2D eigenvalue weighted by Crippen LogP contribution is -2.33. The van der Waals surface area contributed by atoms with Gasteiger partial charge in [-0.2, -0.15) is 4.98 Å². The van der Waals surface area contributed by atoms with Crippen molar-refractivity contribution in [3.63, 3.8) is 0 Å². The Kier molecular flexibility index (Phi) is 5.97. The fourth-order valence-electron chi connectivity index (χ4n) is 3.09. The minimum atomic E-state index is -0.689. The minimum absolute atomic E-state index is 0.0659. The van der Waals surface area contributed by atoms with Gasteiger partial charge in [-0.25, -0.2) is 9.36 Å². The van der Waals surface area contributed by atoms with Crippen LogP contribution in [0.5, 0.6) is 11.6 Å². The second-order valence-electron chi connectivity index (χ2n) is 6.62. The third kappa shape index (κ3) is 4.10. The molecule has 3 heterocycles. The van der Waals surface area contributed by atoms with Crippen molar-refractivity contribution in [2.24, 2.45) is 0 Å². The van der Waals surface area contributed by atoms with Crippen LogP contribution in [0.25, 0.3) is 16.0 Å². The Balaban J connectivity index is 1.68. The summed E-state index contributed by atoms with van der Waals surface area (Å²) in [5, 5.41) is 3.35. The summed E-state index contributed by atoms with van der Waals surface area (Å²) in [7, 11) is 2.85. The van der Waals surface area contributed by atoms with E-state index in [1.54, 1.807) is 24.3 Å². The number of aromatic amines is 1. The number of halogens is 1. The number of hydrogen-bond donors (Lipinski definition) is 2. The van der Waals surface area contributed by atoms with E-state index in [1.807, 2.05) is 6.07 Å². The highest BCUT2D eigenvalue weighted by Gasteiger charge is 2.18. The van der Waals surface area contributed by atoms with Crippen molar-refractivity contribution in [3.8, 4) is 17.4 Å². The van der Waals surface area contributed by atoms with Crippen molar-refractivity contribution in [2.45, 2.75) is 6.54 Å². The molecule has 0 bridgehead atoms. The third-order valence-electron chi connectivity index (χ3n) is 4.59. The number of amides is 1. The van der Waals surface area contributed by atoms with Crippen LogP contribution in [0.1, 0.15) is 15.2 Å². The van der Waals surface area contributed by atoms with Crippen LogP contribution in [0.15, 0.2) is 52.1 Å². The zero-order chi connectivity index (χ0) is 22.8. The molecule has 3 aromatic heterocycles. The summed E-state index contributed by atoms with van der Waals surface area (Å²) in [5.41, 5.74) is -0.176. The second-order valence-corrected chi connectivity index (χ2v) is 8.11. The fourth-order valence-corrected chi connectivity index (χ4v) is 4.26. The van der Waals surface area contributed by atoms with Gasteiger partial charge < -0.3 is 19.8 Å². The summed E-state index contributed by atoms with van der Waals surface area (Å²) >= 11 is 6.94. The van der Waals surface area contributed by atoms with Crippen molar-refractivity contribution >= 4 is 39.1 Å². The van der Waals surface area contributed by atoms with Gasteiger partial charge in [-0.1, -0.05) is 23.7 Å².